The van der Waals surface area contributed by atoms with Crippen molar-refractivity contribution < 1.29 is 24.7 Å². The molecule has 1 amide bonds. The highest BCUT2D eigenvalue weighted by Crippen LogP contribution is 2.17. The van der Waals surface area contributed by atoms with E-state index in [1.165, 1.54) is 4.90 Å². The van der Waals surface area contributed by atoms with E-state index in [0.717, 1.165) is 5.39 Å². The van der Waals surface area contributed by atoms with E-state index >= 15 is 0 Å². The molecule has 0 aliphatic carbocycles. The van der Waals surface area contributed by atoms with Crippen molar-refractivity contribution in [1.29, 1.82) is 0 Å². The number of amides is 1. The molecule has 26 heavy (non-hydrogen) atoms. The van der Waals surface area contributed by atoms with Crippen LogP contribution in [0.1, 0.15) is 39.5 Å². The third kappa shape index (κ3) is 6.13. The minimum absolute atomic E-state index is 0.0598. The van der Waals surface area contributed by atoms with Crippen molar-refractivity contribution in [3.05, 3.63) is 30.3 Å². The molecule has 7 nitrogen and oxygen atoms in total. The lowest BCUT2D eigenvalue weighted by Crippen LogP contribution is -2.29. The van der Waals surface area contributed by atoms with Crippen LogP contribution < -0.4 is 10.4 Å². The molecular weight excluding hydrogens is 335 g/mol. The number of carbonyl (C=O) groups is 2. The average molecular weight is 360 g/mol. The highest BCUT2D eigenvalue weighted by molar-refractivity contribution is 6.58. The van der Waals surface area contributed by atoms with Crippen molar-refractivity contribution in [2.24, 2.45) is 0 Å². The lowest BCUT2D eigenvalue weighted by molar-refractivity contribution is -0.137. The van der Waals surface area contributed by atoms with E-state index in [0.29, 0.717) is 29.6 Å². The summed E-state index contributed by atoms with van der Waals surface area (Å²) >= 11 is 0. The van der Waals surface area contributed by atoms with Crippen LogP contribution in [-0.2, 0) is 9.59 Å². The van der Waals surface area contributed by atoms with Crippen LogP contribution in [0.4, 0.5) is 5.82 Å². The SMILES string of the molecule is CC.CN(C(=O)CCCCC(=O)O)c1ccc2cc(B(O)O)ccc2n1. The zero-order valence-corrected chi connectivity index (χ0v) is 15.3. The molecule has 0 saturated carbocycles. The zero-order valence-electron chi connectivity index (χ0n) is 15.3. The molecule has 1 heterocycles. The minimum Gasteiger partial charge on any atom is -0.481 e. The van der Waals surface area contributed by atoms with Gasteiger partial charge in [-0.2, -0.15) is 0 Å². The number of nitrogens with zero attached hydrogens (tertiary/aromatic N) is 2. The lowest BCUT2D eigenvalue weighted by Gasteiger charge is -2.17. The van der Waals surface area contributed by atoms with Gasteiger partial charge in [0.25, 0.3) is 0 Å². The van der Waals surface area contributed by atoms with Crippen LogP contribution in [0, 0.1) is 0 Å². The number of carboxylic acid groups (broad SMARTS) is 1. The number of hydrogen-bond acceptors (Lipinski definition) is 5. The highest BCUT2D eigenvalue weighted by Gasteiger charge is 2.14. The summed E-state index contributed by atoms with van der Waals surface area (Å²) in [5.41, 5.74) is 1.02. The van der Waals surface area contributed by atoms with E-state index < -0.39 is 13.1 Å². The second-order valence-corrected chi connectivity index (χ2v) is 5.55. The summed E-state index contributed by atoms with van der Waals surface area (Å²) in [6.07, 6.45) is 1.30. The van der Waals surface area contributed by atoms with E-state index in [2.05, 4.69) is 4.98 Å². The first kappa shape index (κ1) is 21.6. The normalized spacial score (nSPS) is 10.0. The van der Waals surface area contributed by atoms with E-state index in [1.807, 2.05) is 13.8 Å². The third-order valence-electron chi connectivity index (χ3n) is 3.75. The van der Waals surface area contributed by atoms with Gasteiger partial charge in [0.15, 0.2) is 0 Å². The predicted molar refractivity (Wildman–Crippen MR) is 102 cm³/mol. The second-order valence-electron chi connectivity index (χ2n) is 5.55. The molecule has 0 bridgehead atoms. The molecule has 1 aromatic carbocycles. The van der Waals surface area contributed by atoms with Crippen LogP contribution in [0.5, 0.6) is 0 Å². The molecule has 3 N–H and O–H groups in total. The lowest BCUT2D eigenvalue weighted by atomic mass is 9.80. The molecule has 140 valence electrons. The molecule has 0 aliphatic rings. The van der Waals surface area contributed by atoms with Crippen LogP contribution in [0.3, 0.4) is 0 Å². The number of pyridine rings is 1. The molecule has 0 fully saturated rings. The number of unbranched alkanes of at least 4 members (excludes halogenated alkanes) is 1. The summed E-state index contributed by atoms with van der Waals surface area (Å²) in [6, 6.07) is 8.31. The predicted octanol–water partition coefficient (Wildman–Crippen LogP) is 1.55. The van der Waals surface area contributed by atoms with Crippen LogP contribution >= 0.6 is 0 Å². The average Bonchev–Trinajstić information content (AvgIpc) is 2.64. The first-order valence-corrected chi connectivity index (χ1v) is 8.63. The quantitative estimate of drug-likeness (QED) is 0.510. The van der Waals surface area contributed by atoms with Gasteiger partial charge in [0.1, 0.15) is 5.82 Å². The van der Waals surface area contributed by atoms with E-state index in [1.54, 1.807) is 37.4 Å². The molecule has 2 aromatic rings. The standard InChI is InChI=1S/C16H19BN2O5.C2H6/c1-19(15(20)4-2-3-5-16(21)22)14-9-6-11-10-12(17(23)24)7-8-13(11)18-14;1-2/h6-10,23-24H,2-5H2,1H3,(H,21,22);1-2H3. The smallest absolute Gasteiger partial charge is 0.481 e. The highest BCUT2D eigenvalue weighted by atomic mass is 16.4. The minimum atomic E-state index is -1.54. The molecule has 0 saturated heterocycles. The Labute approximate surface area is 153 Å². The van der Waals surface area contributed by atoms with Gasteiger partial charge >= 0.3 is 13.1 Å². The molecule has 0 unspecified atom stereocenters. The summed E-state index contributed by atoms with van der Waals surface area (Å²) in [4.78, 5) is 28.4. The van der Waals surface area contributed by atoms with Crippen molar-refractivity contribution >= 4 is 41.2 Å². The fraction of sp³-hybridized carbons (Fsp3) is 0.389. The third-order valence-corrected chi connectivity index (χ3v) is 3.75. The van der Waals surface area contributed by atoms with Crippen LogP contribution in [0.2, 0.25) is 0 Å². The number of carboxylic acids is 1. The largest absolute Gasteiger partial charge is 0.488 e. The van der Waals surface area contributed by atoms with Crippen molar-refractivity contribution in [1.82, 2.24) is 4.98 Å². The Balaban J connectivity index is 0.00000163. The van der Waals surface area contributed by atoms with Crippen molar-refractivity contribution in [3.63, 3.8) is 0 Å². The Hall–Kier alpha value is -2.45. The Morgan fingerprint density at radius 3 is 2.35 bits per heavy atom. The number of benzene rings is 1. The topological polar surface area (TPSA) is 111 Å². The maximum absolute atomic E-state index is 12.1. The first-order valence-electron chi connectivity index (χ1n) is 8.63. The van der Waals surface area contributed by atoms with E-state index in [-0.39, 0.29) is 18.7 Å². The van der Waals surface area contributed by atoms with Gasteiger partial charge < -0.3 is 15.2 Å². The van der Waals surface area contributed by atoms with Gasteiger partial charge in [-0.05, 0) is 41.9 Å². The molecule has 0 atom stereocenters. The molecule has 1 aromatic heterocycles. The molecular formula is C18H25BN2O5. The van der Waals surface area contributed by atoms with Crippen LogP contribution in [-0.4, -0.2) is 46.2 Å². The summed E-state index contributed by atoms with van der Waals surface area (Å²) in [7, 11) is 0.0867. The second kappa shape index (κ2) is 10.5. The van der Waals surface area contributed by atoms with Gasteiger partial charge in [-0.1, -0.05) is 26.0 Å². The number of carbonyl (C=O) groups excluding carboxylic acids is 1. The van der Waals surface area contributed by atoms with E-state index in [9.17, 15) is 19.6 Å². The molecule has 0 spiro atoms. The maximum atomic E-state index is 12.1. The summed E-state index contributed by atoms with van der Waals surface area (Å²) in [5, 5.41) is 27.7. The van der Waals surface area contributed by atoms with Crippen LogP contribution in [0.25, 0.3) is 10.9 Å². The van der Waals surface area contributed by atoms with Gasteiger partial charge in [-0.15, -0.1) is 0 Å². The Morgan fingerprint density at radius 2 is 1.73 bits per heavy atom. The summed E-state index contributed by atoms with van der Waals surface area (Å²) in [6.45, 7) is 4.00. The summed E-state index contributed by atoms with van der Waals surface area (Å²) in [5.74, 6) is -0.503. The molecule has 2 rings (SSSR count). The van der Waals surface area contributed by atoms with Gasteiger partial charge in [0, 0.05) is 19.9 Å². The van der Waals surface area contributed by atoms with Gasteiger partial charge in [-0.3, -0.25) is 14.5 Å². The van der Waals surface area contributed by atoms with E-state index in [4.69, 9.17) is 5.11 Å². The molecule has 0 aliphatic heterocycles. The maximum Gasteiger partial charge on any atom is 0.488 e. The van der Waals surface area contributed by atoms with Crippen molar-refractivity contribution in [2.75, 3.05) is 11.9 Å². The van der Waals surface area contributed by atoms with Crippen molar-refractivity contribution in [3.8, 4) is 0 Å². The zero-order chi connectivity index (χ0) is 19.7. The van der Waals surface area contributed by atoms with Gasteiger partial charge in [0.2, 0.25) is 5.91 Å². The Kier molecular flexibility index (Phi) is 8.74. The number of fused-ring (bicyclic) bond motifs is 1. The van der Waals surface area contributed by atoms with Gasteiger partial charge in [0.05, 0.1) is 5.52 Å². The number of hydrogen-bond donors (Lipinski definition) is 3. The monoisotopic (exact) mass is 360 g/mol. The number of aliphatic carboxylic acids is 1. The van der Waals surface area contributed by atoms with Gasteiger partial charge in [-0.25, -0.2) is 4.98 Å². The Bertz CT molecular complexity index is 751. The number of anilines is 1. The molecule has 0 radical (unpaired) electrons. The number of aromatic nitrogens is 1. The fourth-order valence-corrected chi connectivity index (χ4v) is 2.33. The fourth-order valence-electron chi connectivity index (χ4n) is 2.33. The first-order chi connectivity index (χ1) is 12.4. The van der Waals surface area contributed by atoms with Crippen LogP contribution in [0.15, 0.2) is 30.3 Å². The van der Waals surface area contributed by atoms with Crippen molar-refractivity contribution in [2.45, 2.75) is 39.5 Å². The summed E-state index contributed by atoms with van der Waals surface area (Å²) < 4.78 is 0. The Morgan fingerprint density at radius 1 is 1.08 bits per heavy atom. The number of rotatable bonds is 7. The molecule has 8 heteroatoms.